The summed E-state index contributed by atoms with van der Waals surface area (Å²) in [5.41, 5.74) is -0.423. The Hall–Kier alpha value is -0.770. The highest BCUT2D eigenvalue weighted by atomic mass is 16.6. The topological polar surface area (TPSA) is 50.4 Å². The molecule has 0 aliphatic heterocycles. The first-order valence-corrected chi connectivity index (χ1v) is 6.05. The third-order valence-electron chi connectivity index (χ3n) is 2.00. The molecule has 4 nitrogen and oxygen atoms in total. The minimum Gasteiger partial charge on any atom is -0.444 e. The van der Waals surface area contributed by atoms with Crippen LogP contribution in [0.4, 0.5) is 4.79 Å². The molecule has 0 saturated carbocycles. The van der Waals surface area contributed by atoms with Gasteiger partial charge in [0.2, 0.25) is 0 Å². The summed E-state index contributed by atoms with van der Waals surface area (Å²) in [7, 11) is 0. The number of alkyl carbamates (subject to hydrolysis) is 1. The zero-order valence-corrected chi connectivity index (χ0v) is 11.2. The van der Waals surface area contributed by atoms with Crippen LogP contribution in [-0.2, 0) is 4.74 Å². The van der Waals surface area contributed by atoms with Gasteiger partial charge in [0, 0.05) is 6.04 Å². The molecule has 0 aliphatic carbocycles. The molecule has 0 aromatic carbocycles. The molecule has 0 bridgehead atoms. The van der Waals surface area contributed by atoms with E-state index < -0.39 is 5.60 Å². The maximum atomic E-state index is 11.4. The van der Waals surface area contributed by atoms with E-state index in [0.717, 1.165) is 25.9 Å². The Balaban J connectivity index is 3.62. The first-order valence-electron chi connectivity index (χ1n) is 6.05. The molecule has 0 fully saturated rings. The molecule has 0 radical (unpaired) electrons. The highest BCUT2D eigenvalue weighted by molar-refractivity contribution is 5.67. The summed E-state index contributed by atoms with van der Waals surface area (Å²) in [6.45, 7) is 11.7. The molecule has 0 saturated heterocycles. The summed E-state index contributed by atoms with van der Waals surface area (Å²) in [5, 5.41) is 6.08. The zero-order valence-electron chi connectivity index (χ0n) is 11.2. The molecule has 0 heterocycles. The van der Waals surface area contributed by atoms with E-state index in [1.165, 1.54) is 0 Å². The number of nitrogens with one attached hydrogen (secondary N) is 2. The van der Waals surface area contributed by atoms with Gasteiger partial charge in [-0.15, -0.1) is 0 Å². The second-order valence-electron chi connectivity index (χ2n) is 5.04. The molecule has 4 heteroatoms. The summed E-state index contributed by atoms with van der Waals surface area (Å²) in [4.78, 5) is 11.4. The van der Waals surface area contributed by atoms with Crippen molar-refractivity contribution in [3.05, 3.63) is 0 Å². The van der Waals surface area contributed by atoms with E-state index in [2.05, 4.69) is 17.6 Å². The van der Waals surface area contributed by atoms with Crippen LogP contribution in [0.25, 0.3) is 0 Å². The molecule has 1 amide bonds. The summed E-state index contributed by atoms with van der Waals surface area (Å²) in [6.07, 6.45) is 1.69. The number of carbonyl (C=O) groups excluding carboxylic acids is 1. The van der Waals surface area contributed by atoms with E-state index in [9.17, 15) is 4.79 Å². The predicted octanol–water partition coefficient (Wildman–Crippen LogP) is 2.29. The molecule has 0 aromatic heterocycles. The highest BCUT2D eigenvalue weighted by Gasteiger charge is 2.17. The lowest BCUT2D eigenvalue weighted by atomic mass is 10.2. The van der Waals surface area contributed by atoms with Crippen LogP contribution in [0, 0.1) is 0 Å². The van der Waals surface area contributed by atoms with Crippen LogP contribution in [0.5, 0.6) is 0 Å². The molecule has 2 N–H and O–H groups in total. The molecule has 0 aliphatic rings. The van der Waals surface area contributed by atoms with Crippen molar-refractivity contribution in [2.45, 2.75) is 59.1 Å². The maximum absolute atomic E-state index is 11.4. The van der Waals surface area contributed by atoms with E-state index in [-0.39, 0.29) is 12.1 Å². The first kappa shape index (κ1) is 15.2. The quantitative estimate of drug-likeness (QED) is 0.688. The molecule has 1 atom stereocenters. The van der Waals surface area contributed by atoms with Crippen LogP contribution in [0.2, 0.25) is 0 Å². The monoisotopic (exact) mass is 230 g/mol. The van der Waals surface area contributed by atoms with Gasteiger partial charge in [0.25, 0.3) is 0 Å². The number of amides is 1. The Morgan fingerprint density at radius 3 is 2.50 bits per heavy atom. The van der Waals surface area contributed by atoms with Crippen molar-refractivity contribution < 1.29 is 9.53 Å². The zero-order chi connectivity index (χ0) is 12.6. The van der Waals surface area contributed by atoms with Crippen molar-refractivity contribution in [2.75, 3.05) is 13.1 Å². The highest BCUT2D eigenvalue weighted by Crippen LogP contribution is 2.07. The van der Waals surface area contributed by atoms with Crippen LogP contribution in [-0.4, -0.2) is 30.8 Å². The van der Waals surface area contributed by atoms with Crippen molar-refractivity contribution in [1.82, 2.24) is 10.6 Å². The molecule has 16 heavy (non-hydrogen) atoms. The van der Waals surface area contributed by atoms with Gasteiger partial charge in [-0.2, -0.15) is 0 Å². The molecule has 0 spiro atoms. The summed E-state index contributed by atoms with van der Waals surface area (Å²) in [5.74, 6) is 0. The van der Waals surface area contributed by atoms with E-state index in [4.69, 9.17) is 4.74 Å². The number of carbonyl (C=O) groups is 1. The smallest absolute Gasteiger partial charge is 0.407 e. The van der Waals surface area contributed by atoms with Crippen molar-refractivity contribution in [3.8, 4) is 0 Å². The molecular weight excluding hydrogens is 204 g/mol. The van der Waals surface area contributed by atoms with Gasteiger partial charge in [-0.25, -0.2) is 4.79 Å². The molecule has 96 valence electrons. The second-order valence-corrected chi connectivity index (χ2v) is 5.04. The standard InChI is InChI=1S/C12H26N2O2/c1-6-13-9-7-8-10(2)14-11(15)16-12(3,4)5/h10,13H,6-9H2,1-5H3,(H,14,15). The molecule has 0 rings (SSSR count). The Bertz CT molecular complexity index is 200. The summed E-state index contributed by atoms with van der Waals surface area (Å²) >= 11 is 0. The van der Waals surface area contributed by atoms with Crippen LogP contribution in [0.3, 0.4) is 0 Å². The van der Waals surface area contributed by atoms with Gasteiger partial charge in [-0.05, 0) is 53.6 Å². The van der Waals surface area contributed by atoms with E-state index in [0.29, 0.717) is 0 Å². The summed E-state index contributed by atoms with van der Waals surface area (Å²) < 4.78 is 5.17. The van der Waals surface area contributed by atoms with Crippen LogP contribution in [0.15, 0.2) is 0 Å². The number of ether oxygens (including phenoxy) is 1. The number of hydrogen-bond acceptors (Lipinski definition) is 3. The fourth-order valence-electron chi connectivity index (χ4n) is 1.29. The SMILES string of the molecule is CCNCCCC(C)NC(=O)OC(C)(C)C. The van der Waals surface area contributed by atoms with Crippen molar-refractivity contribution in [1.29, 1.82) is 0 Å². The van der Waals surface area contributed by atoms with E-state index >= 15 is 0 Å². The minimum atomic E-state index is -0.423. The summed E-state index contributed by atoms with van der Waals surface area (Å²) in [6, 6.07) is 0.161. The van der Waals surface area contributed by atoms with Crippen molar-refractivity contribution >= 4 is 6.09 Å². The molecule has 0 aromatic rings. The molecule has 1 unspecified atom stereocenters. The van der Waals surface area contributed by atoms with Gasteiger partial charge < -0.3 is 15.4 Å². The Morgan fingerprint density at radius 2 is 2.00 bits per heavy atom. The van der Waals surface area contributed by atoms with E-state index in [1.54, 1.807) is 0 Å². The normalized spacial score (nSPS) is 13.3. The molecular formula is C12H26N2O2. The Morgan fingerprint density at radius 1 is 1.38 bits per heavy atom. The van der Waals surface area contributed by atoms with E-state index in [1.807, 2.05) is 27.7 Å². The maximum Gasteiger partial charge on any atom is 0.407 e. The average molecular weight is 230 g/mol. The third-order valence-corrected chi connectivity index (χ3v) is 2.00. The largest absolute Gasteiger partial charge is 0.444 e. The number of hydrogen-bond donors (Lipinski definition) is 2. The lowest BCUT2D eigenvalue weighted by molar-refractivity contribution is 0.0506. The lowest BCUT2D eigenvalue weighted by Crippen LogP contribution is -2.37. The Labute approximate surface area is 99.1 Å². The van der Waals surface area contributed by atoms with Gasteiger partial charge in [0.15, 0.2) is 0 Å². The fourth-order valence-corrected chi connectivity index (χ4v) is 1.29. The van der Waals surface area contributed by atoms with Gasteiger partial charge in [0.1, 0.15) is 5.60 Å². The number of rotatable bonds is 6. The first-order chi connectivity index (χ1) is 7.35. The third kappa shape index (κ3) is 9.77. The fraction of sp³-hybridized carbons (Fsp3) is 0.917. The van der Waals surface area contributed by atoms with Crippen LogP contribution < -0.4 is 10.6 Å². The van der Waals surface area contributed by atoms with Gasteiger partial charge >= 0.3 is 6.09 Å². The van der Waals surface area contributed by atoms with Gasteiger partial charge in [-0.3, -0.25) is 0 Å². The average Bonchev–Trinajstić information content (AvgIpc) is 2.09. The van der Waals surface area contributed by atoms with Crippen LogP contribution >= 0.6 is 0 Å². The van der Waals surface area contributed by atoms with Gasteiger partial charge in [-0.1, -0.05) is 6.92 Å². The minimum absolute atomic E-state index is 0.161. The lowest BCUT2D eigenvalue weighted by Gasteiger charge is -2.21. The van der Waals surface area contributed by atoms with Gasteiger partial charge in [0.05, 0.1) is 0 Å². The Kier molecular flexibility index (Phi) is 7.13. The van der Waals surface area contributed by atoms with Crippen molar-refractivity contribution in [2.24, 2.45) is 0 Å². The van der Waals surface area contributed by atoms with Crippen LogP contribution in [0.1, 0.15) is 47.5 Å². The predicted molar refractivity (Wildman–Crippen MR) is 66.6 cm³/mol. The second kappa shape index (κ2) is 7.49. The van der Waals surface area contributed by atoms with Crippen molar-refractivity contribution in [3.63, 3.8) is 0 Å².